The molecule has 29 heavy (non-hydrogen) atoms. The number of hydrogen-bond acceptors (Lipinski definition) is 7. The summed E-state index contributed by atoms with van der Waals surface area (Å²) in [4.78, 5) is 24.6. The number of carbonyl (C=O) groups is 2. The van der Waals surface area contributed by atoms with Crippen LogP contribution in [0.4, 0.5) is 5.69 Å². The van der Waals surface area contributed by atoms with Gasteiger partial charge in [-0.05, 0) is 31.7 Å². The van der Waals surface area contributed by atoms with E-state index in [0.717, 1.165) is 31.4 Å². The summed E-state index contributed by atoms with van der Waals surface area (Å²) < 4.78 is 10.4. The van der Waals surface area contributed by atoms with Gasteiger partial charge < -0.3 is 20.1 Å². The van der Waals surface area contributed by atoms with E-state index in [1.54, 1.807) is 12.1 Å². The van der Waals surface area contributed by atoms with Gasteiger partial charge in [-0.2, -0.15) is 5.10 Å². The first-order valence-electron chi connectivity index (χ1n) is 9.32. The van der Waals surface area contributed by atoms with Crippen LogP contribution in [0.2, 0.25) is 5.02 Å². The first-order valence-corrected chi connectivity index (χ1v) is 10.6. The molecule has 1 heterocycles. The molecule has 1 aromatic carbocycles. The van der Waals surface area contributed by atoms with E-state index in [2.05, 4.69) is 20.8 Å². The average molecular weight is 439 g/mol. The van der Waals surface area contributed by atoms with Crippen LogP contribution in [0.1, 0.15) is 38.5 Å². The maximum atomic E-state index is 12.5. The van der Waals surface area contributed by atoms with Crippen molar-refractivity contribution in [3.05, 3.63) is 17.2 Å². The number of nitrogens with zero attached hydrogens (tertiary/aromatic N) is 2. The maximum Gasteiger partial charge on any atom is 0.240 e. The van der Waals surface area contributed by atoms with Crippen molar-refractivity contribution in [3.63, 3.8) is 0 Å². The summed E-state index contributed by atoms with van der Waals surface area (Å²) in [6.45, 7) is 0. The second-order valence-corrected chi connectivity index (χ2v) is 8.27. The molecule has 3 rings (SSSR count). The van der Waals surface area contributed by atoms with Crippen LogP contribution in [0, 0.1) is 0 Å². The summed E-state index contributed by atoms with van der Waals surface area (Å²) in [6, 6.07) is 3.14. The third kappa shape index (κ3) is 5.63. The standard InChI is InChI=1S/C19H23ClN4O4S/c1-27-14-9-15(28-2)13(8-12(14)20)21-17(25)10-16-18(26)22-19(29-16)24-23-11-6-4-3-5-7-11/h8-9,16H,3-7,10H2,1-2H3,(H,21,25)(H,22,24,26). The number of rotatable bonds is 6. The van der Waals surface area contributed by atoms with Crippen molar-refractivity contribution in [3.8, 4) is 11.5 Å². The lowest BCUT2D eigenvalue weighted by Crippen LogP contribution is -2.28. The van der Waals surface area contributed by atoms with E-state index in [1.165, 1.54) is 32.4 Å². The van der Waals surface area contributed by atoms with E-state index in [4.69, 9.17) is 21.1 Å². The Hall–Kier alpha value is -2.26. The van der Waals surface area contributed by atoms with Crippen molar-refractivity contribution in [1.29, 1.82) is 0 Å². The molecule has 8 nitrogen and oxygen atoms in total. The van der Waals surface area contributed by atoms with Crippen LogP contribution >= 0.6 is 23.4 Å². The zero-order chi connectivity index (χ0) is 20.8. The molecule has 0 bridgehead atoms. The Morgan fingerprint density at radius 1 is 1.21 bits per heavy atom. The highest BCUT2D eigenvalue weighted by molar-refractivity contribution is 8.15. The van der Waals surface area contributed by atoms with Gasteiger partial charge in [-0.1, -0.05) is 29.8 Å². The van der Waals surface area contributed by atoms with E-state index in [-0.39, 0.29) is 18.2 Å². The molecule has 10 heteroatoms. The molecule has 1 saturated carbocycles. The van der Waals surface area contributed by atoms with Gasteiger partial charge in [0.05, 0.1) is 24.9 Å². The van der Waals surface area contributed by atoms with Crippen molar-refractivity contribution >= 4 is 51.7 Å². The molecule has 2 aliphatic rings. The summed E-state index contributed by atoms with van der Waals surface area (Å²) in [5.41, 5.74) is 1.47. The first kappa shape index (κ1) is 21.4. The Morgan fingerprint density at radius 3 is 2.62 bits per heavy atom. The van der Waals surface area contributed by atoms with E-state index < -0.39 is 5.25 Å². The molecule has 1 atom stereocenters. The Morgan fingerprint density at radius 2 is 1.93 bits per heavy atom. The molecule has 1 aromatic rings. The lowest BCUT2D eigenvalue weighted by Gasteiger charge is -2.13. The fraction of sp³-hybridized carbons (Fsp3) is 0.474. The second-order valence-electron chi connectivity index (χ2n) is 6.67. The molecular weight excluding hydrogens is 416 g/mol. The highest BCUT2D eigenvalue weighted by atomic mass is 35.5. The minimum absolute atomic E-state index is 0.0150. The highest BCUT2D eigenvalue weighted by Crippen LogP contribution is 2.36. The number of halogens is 1. The molecule has 1 saturated heterocycles. The molecule has 2 amide bonds. The number of carbonyl (C=O) groups excluding carboxylic acids is 2. The largest absolute Gasteiger partial charge is 0.495 e. The smallest absolute Gasteiger partial charge is 0.240 e. The van der Waals surface area contributed by atoms with Gasteiger partial charge in [-0.25, -0.2) is 0 Å². The van der Waals surface area contributed by atoms with Crippen LogP contribution in [0.15, 0.2) is 22.3 Å². The van der Waals surface area contributed by atoms with E-state index in [1.807, 2.05) is 0 Å². The summed E-state index contributed by atoms with van der Waals surface area (Å²) in [5, 5.41) is 14.0. The minimum Gasteiger partial charge on any atom is -0.495 e. The zero-order valence-corrected chi connectivity index (χ0v) is 17.9. The van der Waals surface area contributed by atoms with Crippen molar-refractivity contribution < 1.29 is 19.1 Å². The summed E-state index contributed by atoms with van der Waals surface area (Å²) in [7, 11) is 2.97. The Kier molecular flexibility index (Phi) is 7.38. The van der Waals surface area contributed by atoms with Gasteiger partial charge in [0.25, 0.3) is 0 Å². The van der Waals surface area contributed by atoms with Crippen LogP contribution in [0.5, 0.6) is 11.5 Å². The van der Waals surface area contributed by atoms with Crippen molar-refractivity contribution in [2.45, 2.75) is 43.8 Å². The number of nitrogens with one attached hydrogen (secondary N) is 2. The third-order valence-electron chi connectivity index (χ3n) is 4.61. The van der Waals surface area contributed by atoms with Gasteiger partial charge in [-0.3, -0.25) is 9.59 Å². The second kappa shape index (κ2) is 9.98. The molecule has 1 unspecified atom stereocenters. The van der Waals surface area contributed by atoms with Crippen molar-refractivity contribution in [1.82, 2.24) is 5.32 Å². The lowest BCUT2D eigenvalue weighted by molar-refractivity contribution is -0.122. The molecule has 0 aromatic heterocycles. The lowest BCUT2D eigenvalue weighted by atomic mass is 9.99. The quantitative estimate of drug-likeness (QED) is 0.661. The Labute approximate surface area is 178 Å². The van der Waals surface area contributed by atoms with E-state index >= 15 is 0 Å². The van der Waals surface area contributed by atoms with Gasteiger partial charge in [0.15, 0.2) is 5.17 Å². The van der Waals surface area contributed by atoms with Gasteiger partial charge >= 0.3 is 0 Å². The van der Waals surface area contributed by atoms with Crippen LogP contribution < -0.4 is 20.1 Å². The van der Waals surface area contributed by atoms with E-state index in [9.17, 15) is 9.59 Å². The number of amidine groups is 1. The predicted molar refractivity (Wildman–Crippen MR) is 115 cm³/mol. The number of methoxy groups -OCH3 is 2. The Bertz CT molecular complexity index is 851. The highest BCUT2D eigenvalue weighted by Gasteiger charge is 2.32. The number of benzene rings is 1. The van der Waals surface area contributed by atoms with Gasteiger partial charge in [0, 0.05) is 18.2 Å². The van der Waals surface area contributed by atoms with Gasteiger partial charge in [0.1, 0.15) is 16.7 Å². The predicted octanol–water partition coefficient (Wildman–Crippen LogP) is 3.59. The van der Waals surface area contributed by atoms with Crippen LogP contribution in [0.25, 0.3) is 0 Å². The molecular formula is C19H23ClN4O4S. The van der Waals surface area contributed by atoms with Crippen molar-refractivity contribution in [2.24, 2.45) is 10.2 Å². The summed E-state index contributed by atoms with van der Waals surface area (Å²) >= 11 is 7.33. The third-order valence-corrected chi connectivity index (χ3v) is 5.98. The number of ether oxygens (including phenoxy) is 2. The normalized spacial score (nSPS) is 20.4. The number of amides is 2. The van der Waals surface area contributed by atoms with Crippen LogP contribution in [0.3, 0.4) is 0 Å². The average Bonchev–Trinajstić information content (AvgIpc) is 3.06. The summed E-state index contributed by atoms with van der Waals surface area (Å²) in [5.74, 6) is 0.255. The molecule has 0 radical (unpaired) electrons. The zero-order valence-electron chi connectivity index (χ0n) is 16.3. The molecule has 156 valence electrons. The van der Waals surface area contributed by atoms with Crippen molar-refractivity contribution in [2.75, 3.05) is 19.5 Å². The number of anilines is 1. The molecule has 0 spiro atoms. The SMILES string of the molecule is COc1cc(OC)c(NC(=O)CC2S/C(=N\N=C3CCCCC3)NC2=O)cc1Cl. The van der Waals surface area contributed by atoms with Crippen LogP contribution in [-0.2, 0) is 9.59 Å². The fourth-order valence-corrected chi connectivity index (χ4v) is 4.25. The first-order chi connectivity index (χ1) is 14.0. The van der Waals surface area contributed by atoms with Gasteiger partial charge in [-0.15, -0.1) is 5.10 Å². The van der Waals surface area contributed by atoms with Gasteiger partial charge in [0.2, 0.25) is 11.8 Å². The topological polar surface area (TPSA) is 101 Å². The van der Waals surface area contributed by atoms with E-state index in [0.29, 0.717) is 27.4 Å². The Balaban J connectivity index is 1.61. The number of hydrogen-bond donors (Lipinski definition) is 2. The fourth-order valence-electron chi connectivity index (χ4n) is 3.09. The minimum atomic E-state index is -0.569. The molecule has 1 aliphatic carbocycles. The van der Waals surface area contributed by atoms with Crippen LogP contribution in [-0.4, -0.2) is 42.2 Å². The number of thioether (sulfide) groups is 1. The maximum absolute atomic E-state index is 12.5. The summed E-state index contributed by atoms with van der Waals surface area (Å²) in [6.07, 6.45) is 5.37. The molecule has 2 fully saturated rings. The monoisotopic (exact) mass is 438 g/mol. The molecule has 2 N–H and O–H groups in total. The molecule has 1 aliphatic heterocycles.